The molecule has 1 aliphatic carbocycles. The van der Waals surface area contributed by atoms with E-state index in [0.29, 0.717) is 16.4 Å². The molecule has 2 aromatic rings. The van der Waals surface area contributed by atoms with E-state index < -0.39 is 0 Å². The summed E-state index contributed by atoms with van der Waals surface area (Å²) in [4.78, 5) is 39.8. The Labute approximate surface area is 166 Å². The smallest absolute Gasteiger partial charge is 0.348 e. The van der Waals surface area contributed by atoms with Gasteiger partial charge in [0, 0.05) is 29.6 Å². The largest absolute Gasteiger partial charge is 0.395 e. The number of benzene rings is 1. The molecule has 0 aliphatic heterocycles. The maximum absolute atomic E-state index is 12.3. The van der Waals surface area contributed by atoms with E-state index in [9.17, 15) is 14.4 Å². The van der Waals surface area contributed by atoms with Crippen LogP contribution < -0.4 is 16.3 Å². The van der Waals surface area contributed by atoms with Crippen LogP contribution in [0.4, 0.5) is 11.4 Å². The molecule has 3 N–H and O–H groups in total. The van der Waals surface area contributed by atoms with Gasteiger partial charge in [-0.25, -0.2) is 4.79 Å². The van der Waals surface area contributed by atoms with Crippen LogP contribution in [0.1, 0.15) is 24.6 Å². The molecule has 1 aromatic heterocycles. The lowest BCUT2D eigenvalue weighted by atomic mass is 10.2. The van der Waals surface area contributed by atoms with Gasteiger partial charge in [-0.1, -0.05) is 17.8 Å². The number of hydrogen-bond acceptors (Lipinski definition) is 6. The van der Waals surface area contributed by atoms with Crippen molar-refractivity contribution in [3.8, 4) is 0 Å². The summed E-state index contributed by atoms with van der Waals surface area (Å²) in [5, 5.41) is 15.2. The first kappa shape index (κ1) is 20.1. The highest BCUT2D eigenvalue weighted by atomic mass is 32.2. The molecule has 148 valence electrons. The van der Waals surface area contributed by atoms with Crippen molar-refractivity contribution in [2.45, 2.75) is 37.8 Å². The Morgan fingerprint density at radius 2 is 2.00 bits per heavy atom. The maximum Gasteiger partial charge on any atom is 0.348 e. The van der Waals surface area contributed by atoms with Crippen molar-refractivity contribution in [2.24, 2.45) is 0 Å². The molecule has 0 spiro atoms. The predicted octanol–water partition coefficient (Wildman–Crippen LogP) is 1.41. The molecule has 1 aliphatic rings. The highest BCUT2D eigenvalue weighted by molar-refractivity contribution is 8.00. The monoisotopic (exact) mass is 402 g/mol. The molecule has 0 saturated heterocycles. The molecular weight excluding hydrogens is 380 g/mol. The number of anilines is 2. The summed E-state index contributed by atoms with van der Waals surface area (Å²) >= 11 is 1.24. The first-order valence-corrected chi connectivity index (χ1v) is 10.00. The fourth-order valence-corrected chi connectivity index (χ4v) is 4.12. The fourth-order valence-electron chi connectivity index (χ4n) is 3.25. The van der Waals surface area contributed by atoms with Crippen LogP contribution in [0.2, 0.25) is 0 Å². The quantitative estimate of drug-likeness (QED) is 0.477. The molecule has 1 aromatic carbocycles. The number of aliphatic hydroxyl groups is 1. The number of fused-ring (bicyclic) bond motifs is 1. The summed E-state index contributed by atoms with van der Waals surface area (Å²) in [6, 6.07) is 6.89. The summed E-state index contributed by atoms with van der Waals surface area (Å²) in [6.45, 7) is 1.55. The molecule has 0 fully saturated rings. The molecule has 0 unspecified atom stereocenters. The topological polar surface area (TPSA) is 113 Å². The van der Waals surface area contributed by atoms with E-state index in [1.807, 2.05) is 0 Å². The van der Waals surface area contributed by atoms with E-state index in [1.165, 1.54) is 23.3 Å². The highest BCUT2D eigenvalue weighted by Gasteiger charge is 2.22. The second-order valence-corrected chi connectivity index (χ2v) is 7.42. The zero-order valence-corrected chi connectivity index (χ0v) is 16.3. The van der Waals surface area contributed by atoms with E-state index in [1.54, 1.807) is 24.3 Å². The molecule has 8 nitrogen and oxygen atoms in total. The predicted molar refractivity (Wildman–Crippen MR) is 108 cm³/mol. The van der Waals surface area contributed by atoms with E-state index in [4.69, 9.17) is 5.11 Å². The van der Waals surface area contributed by atoms with E-state index in [-0.39, 0.29) is 36.4 Å². The Morgan fingerprint density at radius 1 is 1.25 bits per heavy atom. The minimum Gasteiger partial charge on any atom is -0.395 e. The van der Waals surface area contributed by atoms with Gasteiger partial charge in [-0.15, -0.1) is 0 Å². The zero-order valence-electron chi connectivity index (χ0n) is 15.5. The minimum absolute atomic E-state index is 0.111. The number of rotatable bonds is 7. The first-order valence-electron chi connectivity index (χ1n) is 9.01. The molecular formula is C19H22N4O4S. The van der Waals surface area contributed by atoms with Gasteiger partial charge in [0.25, 0.3) is 0 Å². The van der Waals surface area contributed by atoms with Crippen LogP contribution in [0.25, 0.3) is 0 Å². The van der Waals surface area contributed by atoms with E-state index in [0.717, 1.165) is 30.5 Å². The lowest BCUT2D eigenvalue weighted by Crippen LogP contribution is -2.28. The zero-order chi connectivity index (χ0) is 20.1. The summed E-state index contributed by atoms with van der Waals surface area (Å²) < 4.78 is 1.53. The molecule has 1 heterocycles. The average molecular weight is 402 g/mol. The Kier molecular flexibility index (Phi) is 6.48. The lowest BCUT2D eigenvalue weighted by molar-refractivity contribution is -0.114. The van der Waals surface area contributed by atoms with Crippen molar-refractivity contribution in [3.63, 3.8) is 0 Å². The normalized spacial score (nSPS) is 12.5. The minimum atomic E-state index is -0.388. The number of nitrogens with one attached hydrogen (secondary N) is 2. The number of carbonyl (C=O) groups is 2. The summed E-state index contributed by atoms with van der Waals surface area (Å²) in [5.74, 6) is -0.291. The number of hydrogen-bond donors (Lipinski definition) is 3. The standard InChI is InChI=1S/C19H22N4O4S/c1-12(25)20-13-4-2-5-14(10-13)21-17(26)11-28-18-15-6-3-7-16(15)23(8-9-24)19(27)22-18/h2,4-5,10,24H,3,6-9,11H2,1H3,(H,20,25)(H,21,26). The highest BCUT2D eigenvalue weighted by Crippen LogP contribution is 2.29. The van der Waals surface area contributed by atoms with Gasteiger partial charge in [0.2, 0.25) is 11.8 Å². The summed E-state index contributed by atoms with van der Waals surface area (Å²) in [7, 11) is 0. The van der Waals surface area contributed by atoms with Crippen molar-refractivity contribution < 1.29 is 14.7 Å². The van der Waals surface area contributed by atoms with Crippen LogP contribution in [0.5, 0.6) is 0 Å². The maximum atomic E-state index is 12.3. The average Bonchev–Trinajstić information content (AvgIpc) is 3.12. The third kappa shape index (κ3) is 4.79. The van der Waals surface area contributed by atoms with Crippen LogP contribution in [-0.2, 0) is 29.0 Å². The molecule has 0 radical (unpaired) electrons. The van der Waals surface area contributed by atoms with Gasteiger partial charge in [0.15, 0.2) is 0 Å². The first-order chi connectivity index (χ1) is 13.5. The molecule has 0 atom stereocenters. The Bertz CT molecular complexity index is 957. The summed E-state index contributed by atoms with van der Waals surface area (Å²) in [6.07, 6.45) is 2.53. The molecule has 2 amide bonds. The number of aliphatic hydroxyl groups excluding tert-OH is 1. The molecule has 0 saturated carbocycles. The lowest BCUT2D eigenvalue weighted by Gasteiger charge is -2.13. The third-order valence-corrected chi connectivity index (χ3v) is 5.35. The number of aromatic nitrogens is 2. The third-order valence-electron chi connectivity index (χ3n) is 4.33. The Morgan fingerprint density at radius 3 is 2.71 bits per heavy atom. The molecule has 0 bridgehead atoms. The van der Waals surface area contributed by atoms with Crippen molar-refractivity contribution in [3.05, 3.63) is 46.0 Å². The number of thioether (sulfide) groups is 1. The van der Waals surface area contributed by atoms with Gasteiger partial charge in [0.1, 0.15) is 5.03 Å². The number of carbonyl (C=O) groups excluding carboxylic acids is 2. The fraction of sp³-hybridized carbons (Fsp3) is 0.368. The van der Waals surface area contributed by atoms with Crippen LogP contribution in [-0.4, -0.2) is 38.8 Å². The van der Waals surface area contributed by atoms with E-state index >= 15 is 0 Å². The Balaban J connectivity index is 1.67. The van der Waals surface area contributed by atoms with Crippen LogP contribution >= 0.6 is 11.8 Å². The second kappa shape index (κ2) is 9.03. The van der Waals surface area contributed by atoms with Crippen molar-refractivity contribution in [2.75, 3.05) is 23.0 Å². The van der Waals surface area contributed by atoms with Crippen LogP contribution in [0.3, 0.4) is 0 Å². The molecule has 28 heavy (non-hydrogen) atoms. The van der Waals surface area contributed by atoms with Crippen molar-refractivity contribution in [1.82, 2.24) is 9.55 Å². The van der Waals surface area contributed by atoms with Crippen LogP contribution in [0.15, 0.2) is 34.1 Å². The van der Waals surface area contributed by atoms with Gasteiger partial charge < -0.3 is 15.7 Å². The summed E-state index contributed by atoms with van der Waals surface area (Å²) in [5.41, 5.74) is 2.71. The van der Waals surface area contributed by atoms with Gasteiger partial charge in [-0.05, 0) is 37.5 Å². The van der Waals surface area contributed by atoms with Gasteiger partial charge in [-0.2, -0.15) is 4.98 Å². The number of nitrogens with zero attached hydrogens (tertiary/aromatic N) is 2. The van der Waals surface area contributed by atoms with Gasteiger partial charge in [-0.3, -0.25) is 14.2 Å². The number of amides is 2. The van der Waals surface area contributed by atoms with Crippen molar-refractivity contribution >= 4 is 35.0 Å². The molecule has 9 heteroatoms. The van der Waals surface area contributed by atoms with Crippen molar-refractivity contribution in [1.29, 1.82) is 0 Å². The van der Waals surface area contributed by atoms with E-state index in [2.05, 4.69) is 15.6 Å². The Hall–Kier alpha value is -2.65. The van der Waals surface area contributed by atoms with Crippen LogP contribution in [0, 0.1) is 0 Å². The van der Waals surface area contributed by atoms with Gasteiger partial charge in [0.05, 0.1) is 18.9 Å². The molecule has 3 rings (SSSR count). The van der Waals surface area contributed by atoms with Gasteiger partial charge >= 0.3 is 5.69 Å². The SMILES string of the molecule is CC(=O)Nc1cccc(NC(=O)CSc2nc(=O)n(CCO)c3c2CCC3)c1. The second-order valence-electron chi connectivity index (χ2n) is 6.45.